The maximum absolute atomic E-state index is 13.4. The van der Waals surface area contributed by atoms with Crippen LogP contribution in [0.2, 0.25) is 0 Å². The molecule has 2 aliphatic heterocycles. The Hall–Kier alpha value is -2.78. The molecule has 182 valence electrons. The van der Waals surface area contributed by atoms with Crippen LogP contribution < -0.4 is 14.8 Å². The van der Waals surface area contributed by atoms with Gasteiger partial charge in [0.15, 0.2) is 0 Å². The van der Waals surface area contributed by atoms with E-state index < -0.39 is 16.0 Å². The van der Waals surface area contributed by atoms with E-state index in [9.17, 15) is 18.3 Å². The van der Waals surface area contributed by atoms with Crippen molar-refractivity contribution >= 4 is 27.4 Å². The predicted molar refractivity (Wildman–Crippen MR) is 130 cm³/mol. The summed E-state index contributed by atoms with van der Waals surface area (Å²) in [6.07, 6.45) is 4.28. The van der Waals surface area contributed by atoms with Gasteiger partial charge in [-0.3, -0.25) is 4.72 Å². The Balaban J connectivity index is 1.36. The van der Waals surface area contributed by atoms with Gasteiger partial charge in [0.2, 0.25) is 0 Å². The molecule has 1 saturated heterocycles. The highest BCUT2D eigenvalue weighted by Crippen LogP contribution is 2.55. The number of nitrogens with one attached hydrogen (secondary N) is 2. The summed E-state index contributed by atoms with van der Waals surface area (Å²) in [5.74, 6) is -0.184. The molecule has 5 rings (SSSR count). The molecule has 0 radical (unpaired) electrons. The number of para-hydroxylation sites is 1. The largest absolute Gasteiger partial charge is 0.492 e. The van der Waals surface area contributed by atoms with Crippen molar-refractivity contribution in [1.29, 1.82) is 0 Å². The van der Waals surface area contributed by atoms with Crippen LogP contribution >= 0.6 is 0 Å². The smallest absolute Gasteiger partial charge is 0.341 e. The molecule has 34 heavy (non-hydrogen) atoms. The van der Waals surface area contributed by atoms with Gasteiger partial charge in [-0.2, -0.15) is 0 Å². The number of carboxylic acids is 1. The lowest BCUT2D eigenvalue weighted by Gasteiger charge is -2.23. The van der Waals surface area contributed by atoms with Gasteiger partial charge < -0.3 is 20.1 Å². The van der Waals surface area contributed by atoms with Gasteiger partial charge in [-0.1, -0.05) is 25.1 Å². The number of benzene rings is 2. The van der Waals surface area contributed by atoms with E-state index in [4.69, 9.17) is 4.74 Å². The summed E-state index contributed by atoms with van der Waals surface area (Å²) in [6, 6.07) is 10.6. The van der Waals surface area contributed by atoms with Crippen LogP contribution in [-0.4, -0.2) is 56.7 Å². The average molecular weight is 486 g/mol. The molecule has 1 saturated carbocycles. The van der Waals surface area contributed by atoms with Crippen molar-refractivity contribution in [3.05, 3.63) is 47.5 Å². The molecule has 1 aliphatic carbocycles. The van der Waals surface area contributed by atoms with Crippen molar-refractivity contribution in [3.63, 3.8) is 0 Å². The maximum atomic E-state index is 13.4. The highest BCUT2D eigenvalue weighted by Gasteiger charge is 2.45. The molecule has 3 aliphatic rings. The second-order valence-electron chi connectivity index (χ2n) is 9.37. The first-order valence-electron chi connectivity index (χ1n) is 12.0. The molecule has 0 amide bonds. The fourth-order valence-electron chi connectivity index (χ4n) is 5.41. The number of ether oxygens (including phenoxy) is 1. The Morgan fingerprint density at radius 2 is 2.03 bits per heavy atom. The number of hydrogen-bond donors (Lipinski definition) is 3. The van der Waals surface area contributed by atoms with Crippen LogP contribution in [0.4, 0.5) is 11.4 Å². The fourth-order valence-corrected chi connectivity index (χ4v) is 6.66. The number of sulfonamides is 1. The molecule has 2 heterocycles. The minimum atomic E-state index is -4.04. The van der Waals surface area contributed by atoms with E-state index in [2.05, 4.69) is 21.9 Å². The predicted octanol–water partition coefficient (Wildman–Crippen LogP) is 3.97. The van der Waals surface area contributed by atoms with Crippen molar-refractivity contribution in [1.82, 2.24) is 4.90 Å². The number of rotatable bonds is 9. The topological polar surface area (TPSA) is 108 Å². The van der Waals surface area contributed by atoms with E-state index in [1.807, 2.05) is 0 Å². The molecule has 0 spiro atoms. The van der Waals surface area contributed by atoms with E-state index in [1.165, 1.54) is 12.5 Å². The van der Waals surface area contributed by atoms with Crippen molar-refractivity contribution in [3.8, 4) is 5.75 Å². The monoisotopic (exact) mass is 485 g/mol. The molecule has 0 bridgehead atoms. The summed E-state index contributed by atoms with van der Waals surface area (Å²) in [5, 5.41) is 13.2. The van der Waals surface area contributed by atoms with E-state index in [1.54, 1.807) is 30.3 Å². The lowest BCUT2D eigenvalue weighted by atomic mass is 10.0. The SMILES string of the molecule is CCN1CCC[C@H]1CCNc1ccccc1S(=O)(=O)Nc1ccc2c(c1C(=O)O)OC[C@@H]1C[C@H]21. The highest BCUT2D eigenvalue weighted by atomic mass is 32.2. The third-order valence-electron chi connectivity index (χ3n) is 7.28. The summed E-state index contributed by atoms with van der Waals surface area (Å²) in [6.45, 7) is 5.44. The molecular formula is C25H31N3O5S. The van der Waals surface area contributed by atoms with Gasteiger partial charge in [-0.15, -0.1) is 0 Å². The van der Waals surface area contributed by atoms with Gasteiger partial charge in [0, 0.05) is 18.5 Å². The Morgan fingerprint density at radius 1 is 1.21 bits per heavy atom. The lowest BCUT2D eigenvalue weighted by Crippen LogP contribution is -2.30. The van der Waals surface area contributed by atoms with E-state index >= 15 is 0 Å². The first-order valence-corrected chi connectivity index (χ1v) is 13.5. The minimum Gasteiger partial charge on any atom is -0.492 e. The van der Waals surface area contributed by atoms with Crippen molar-refractivity contribution < 1.29 is 23.1 Å². The Kier molecular flexibility index (Phi) is 6.16. The summed E-state index contributed by atoms with van der Waals surface area (Å²) in [4.78, 5) is 14.6. The van der Waals surface area contributed by atoms with Crippen LogP contribution in [0.15, 0.2) is 41.3 Å². The Labute approximate surface area is 200 Å². The van der Waals surface area contributed by atoms with Crippen molar-refractivity contribution in [2.75, 3.05) is 36.3 Å². The van der Waals surface area contributed by atoms with Crippen LogP contribution in [0.3, 0.4) is 0 Å². The number of fused-ring (bicyclic) bond motifs is 3. The molecule has 0 unspecified atom stereocenters. The van der Waals surface area contributed by atoms with Gasteiger partial charge in [0.1, 0.15) is 16.2 Å². The minimum absolute atomic E-state index is 0.0182. The van der Waals surface area contributed by atoms with E-state index in [-0.39, 0.29) is 21.9 Å². The quantitative estimate of drug-likeness (QED) is 0.493. The number of aromatic carboxylic acids is 1. The summed E-state index contributed by atoms with van der Waals surface area (Å²) < 4.78 is 35.0. The standard InChI is InChI=1S/C25H31N3O5S/c1-2-28-13-5-6-17(28)11-12-26-20-7-3-4-8-22(20)34(31,32)27-21-10-9-18-19-14-16(19)15-33-24(18)23(21)25(29)30/h3-4,7-10,16-17,19,26-27H,2,5-6,11-15H2,1H3,(H,29,30)/t16-,17-,19-/m0/s1. The van der Waals surface area contributed by atoms with E-state index in [0.717, 1.165) is 37.9 Å². The normalized spacial score (nSPS) is 23.5. The molecule has 2 aromatic carbocycles. The van der Waals surface area contributed by atoms with Gasteiger partial charge in [-0.25, -0.2) is 13.2 Å². The number of likely N-dealkylation sites (tertiary alicyclic amines) is 1. The second-order valence-corrected chi connectivity index (χ2v) is 11.0. The molecule has 3 atom stereocenters. The first kappa shape index (κ1) is 23.0. The number of carboxylic acid groups (broad SMARTS) is 1. The van der Waals surface area contributed by atoms with Crippen LogP contribution in [0.1, 0.15) is 54.4 Å². The van der Waals surface area contributed by atoms with Crippen molar-refractivity contribution in [2.24, 2.45) is 5.92 Å². The second kappa shape index (κ2) is 9.11. The number of carbonyl (C=O) groups is 1. The zero-order chi connectivity index (χ0) is 23.9. The van der Waals surface area contributed by atoms with Crippen LogP contribution in [-0.2, 0) is 10.0 Å². The first-order chi connectivity index (χ1) is 16.4. The molecule has 0 aromatic heterocycles. The van der Waals surface area contributed by atoms with Gasteiger partial charge >= 0.3 is 5.97 Å². The molecule has 9 heteroatoms. The highest BCUT2D eigenvalue weighted by molar-refractivity contribution is 7.92. The molecule has 2 fully saturated rings. The summed E-state index contributed by atoms with van der Waals surface area (Å²) >= 11 is 0. The average Bonchev–Trinajstić information content (AvgIpc) is 3.48. The summed E-state index contributed by atoms with van der Waals surface area (Å²) in [5.41, 5.74) is 1.25. The number of hydrogen-bond acceptors (Lipinski definition) is 6. The fraction of sp³-hybridized carbons (Fsp3) is 0.480. The molecule has 3 N–H and O–H groups in total. The molecular weight excluding hydrogens is 454 g/mol. The third-order valence-corrected chi connectivity index (χ3v) is 8.71. The lowest BCUT2D eigenvalue weighted by molar-refractivity contribution is 0.0692. The number of anilines is 2. The summed E-state index contributed by atoms with van der Waals surface area (Å²) in [7, 11) is -4.04. The third kappa shape index (κ3) is 4.34. The van der Waals surface area contributed by atoms with Crippen LogP contribution in [0.25, 0.3) is 0 Å². The Morgan fingerprint density at radius 3 is 2.82 bits per heavy atom. The number of nitrogens with zero attached hydrogens (tertiary/aromatic N) is 1. The van der Waals surface area contributed by atoms with E-state index in [0.29, 0.717) is 36.7 Å². The van der Waals surface area contributed by atoms with Gasteiger partial charge in [0.05, 0.1) is 18.0 Å². The molecule has 8 nitrogen and oxygen atoms in total. The Bertz CT molecular complexity index is 1200. The van der Waals surface area contributed by atoms with Gasteiger partial charge in [0.25, 0.3) is 10.0 Å². The zero-order valence-corrected chi connectivity index (χ0v) is 20.1. The van der Waals surface area contributed by atoms with Gasteiger partial charge in [-0.05, 0) is 68.5 Å². The maximum Gasteiger partial charge on any atom is 0.341 e. The molecule has 2 aromatic rings. The van der Waals surface area contributed by atoms with Crippen LogP contribution in [0.5, 0.6) is 5.75 Å². The zero-order valence-electron chi connectivity index (χ0n) is 19.3. The van der Waals surface area contributed by atoms with Crippen LogP contribution in [0, 0.1) is 5.92 Å². The van der Waals surface area contributed by atoms with Crippen molar-refractivity contribution in [2.45, 2.75) is 49.5 Å².